The van der Waals surface area contributed by atoms with E-state index >= 15 is 0 Å². The summed E-state index contributed by atoms with van der Waals surface area (Å²) < 4.78 is 12.9. The number of nitrogens with two attached hydrogens (primary N) is 1. The van der Waals surface area contributed by atoms with E-state index in [9.17, 15) is 9.18 Å². The van der Waals surface area contributed by atoms with E-state index in [0.29, 0.717) is 22.6 Å². The maximum Gasteiger partial charge on any atom is 0.257 e. The van der Waals surface area contributed by atoms with Crippen LogP contribution in [0.15, 0.2) is 24.4 Å². The van der Waals surface area contributed by atoms with Crippen LogP contribution in [0, 0.1) is 12.7 Å². The van der Waals surface area contributed by atoms with Crippen LogP contribution in [0.25, 0.3) is 0 Å². The van der Waals surface area contributed by atoms with Crippen molar-refractivity contribution in [3.63, 3.8) is 0 Å². The highest BCUT2D eigenvalue weighted by Crippen LogP contribution is 2.16. The number of nitrogens with zero attached hydrogens (tertiary/aromatic N) is 1. The molecule has 6 heteroatoms. The highest BCUT2D eigenvalue weighted by atomic mass is 19.1. The Morgan fingerprint density at radius 3 is 2.88 bits per heavy atom. The third-order valence-corrected chi connectivity index (χ3v) is 2.34. The van der Waals surface area contributed by atoms with Gasteiger partial charge in [0.2, 0.25) is 0 Å². The zero-order chi connectivity index (χ0) is 12.4. The van der Waals surface area contributed by atoms with Gasteiger partial charge in [-0.05, 0) is 30.7 Å². The van der Waals surface area contributed by atoms with Gasteiger partial charge in [-0.2, -0.15) is 5.10 Å². The van der Waals surface area contributed by atoms with Crippen LogP contribution in [0.5, 0.6) is 0 Å². The van der Waals surface area contributed by atoms with Gasteiger partial charge in [0.25, 0.3) is 5.91 Å². The SMILES string of the molecule is Cc1cc(F)ccc1C(=O)Nc1[nH]ncc1N. The Labute approximate surface area is 96.8 Å². The van der Waals surface area contributed by atoms with Crippen molar-refractivity contribution in [2.24, 2.45) is 0 Å². The minimum absolute atomic E-state index is 0.332. The monoisotopic (exact) mass is 234 g/mol. The van der Waals surface area contributed by atoms with Crippen LogP contribution in [0.1, 0.15) is 15.9 Å². The summed E-state index contributed by atoms with van der Waals surface area (Å²) in [7, 11) is 0. The molecule has 0 atom stereocenters. The summed E-state index contributed by atoms with van der Waals surface area (Å²) in [6, 6.07) is 3.95. The lowest BCUT2D eigenvalue weighted by Crippen LogP contribution is -2.14. The van der Waals surface area contributed by atoms with E-state index in [1.165, 1.54) is 24.4 Å². The number of carbonyl (C=O) groups is 1. The summed E-state index contributed by atoms with van der Waals surface area (Å²) >= 11 is 0. The predicted octanol–water partition coefficient (Wildman–Crippen LogP) is 1.69. The first-order valence-corrected chi connectivity index (χ1v) is 4.94. The van der Waals surface area contributed by atoms with Gasteiger partial charge < -0.3 is 11.1 Å². The standard InChI is InChI=1S/C11H11FN4O/c1-6-4-7(12)2-3-8(6)11(17)15-10-9(13)5-14-16-10/h2-5H,13H2,1H3,(H2,14,15,16,17). The number of aromatic nitrogens is 2. The molecule has 2 rings (SSSR count). The number of aromatic amines is 1. The molecule has 88 valence electrons. The number of hydrogen-bond donors (Lipinski definition) is 3. The number of nitrogens with one attached hydrogen (secondary N) is 2. The lowest BCUT2D eigenvalue weighted by Gasteiger charge is -2.06. The number of H-pyrrole nitrogens is 1. The molecule has 1 heterocycles. The molecule has 4 N–H and O–H groups in total. The topological polar surface area (TPSA) is 83.8 Å². The Morgan fingerprint density at radius 2 is 2.29 bits per heavy atom. The van der Waals surface area contributed by atoms with Gasteiger partial charge in [0, 0.05) is 5.56 Å². The molecule has 0 unspecified atom stereocenters. The largest absolute Gasteiger partial charge is 0.394 e. The molecular formula is C11H11FN4O. The smallest absolute Gasteiger partial charge is 0.257 e. The van der Waals surface area contributed by atoms with Crippen molar-refractivity contribution in [2.75, 3.05) is 11.1 Å². The number of carbonyl (C=O) groups excluding carboxylic acids is 1. The minimum atomic E-state index is -0.375. The molecule has 0 aliphatic rings. The Hall–Kier alpha value is -2.37. The van der Waals surface area contributed by atoms with Crippen molar-refractivity contribution < 1.29 is 9.18 Å². The van der Waals surface area contributed by atoms with E-state index in [0.717, 1.165) is 0 Å². The average molecular weight is 234 g/mol. The van der Waals surface area contributed by atoms with Crippen LogP contribution in [0.2, 0.25) is 0 Å². The molecule has 0 saturated heterocycles. The van der Waals surface area contributed by atoms with Gasteiger partial charge in [0.05, 0.1) is 11.9 Å². The maximum atomic E-state index is 12.9. The van der Waals surface area contributed by atoms with Crippen molar-refractivity contribution >= 4 is 17.4 Å². The number of aryl methyl sites for hydroxylation is 1. The lowest BCUT2D eigenvalue weighted by atomic mass is 10.1. The second-order valence-corrected chi connectivity index (χ2v) is 3.61. The van der Waals surface area contributed by atoms with E-state index < -0.39 is 0 Å². The molecule has 0 aliphatic carbocycles. The maximum absolute atomic E-state index is 12.9. The number of rotatable bonds is 2. The molecule has 1 aromatic carbocycles. The third-order valence-electron chi connectivity index (χ3n) is 2.34. The first kappa shape index (κ1) is 11.1. The molecule has 0 radical (unpaired) electrons. The Bertz CT molecular complexity index is 564. The quantitative estimate of drug-likeness (QED) is 0.739. The number of hydrogen-bond acceptors (Lipinski definition) is 3. The summed E-state index contributed by atoms with van der Waals surface area (Å²) in [5.74, 6) is -0.405. The highest BCUT2D eigenvalue weighted by molar-refractivity contribution is 6.05. The van der Waals surface area contributed by atoms with Gasteiger partial charge in [-0.15, -0.1) is 0 Å². The van der Waals surface area contributed by atoms with E-state index in [1.54, 1.807) is 6.92 Å². The predicted molar refractivity (Wildman–Crippen MR) is 62.1 cm³/mol. The van der Waals surface area contributed by atoms with Gasteiger partial charge >= 0.3 is 0 Å². The lowest BCUT2D eigenvalue weighted by molar-refractivity contribution is 0.102. The molecule has 0 bridgehead atoms. The van der Waals surface area contributed by atoms with Crippen molar-refractivity contribution in [1.29, 1.82) is 0 Å². The van der Waals surface area contributed by atoms with Gasteiger partial charge in [-0.25, -0.2) is 4.39 Å². The van der Waals surface area contributed by atoms with Gasteiger partial charge in [0.1, 0.15) is 5.82 Å². The average Bonchev–Trinajstić information content (AvgIpc) is 2.64. The molecule has 0 spiro atoms. The zero-order valence-electron chi connectivity index (χ0n) is 9.12. The second-order valence-electron chi connectivity index (χ2n) is 3.61. The fraction of sp³-hybridized carbons (Fsp3) is 0.0909. The van der Waals surface area contributed by atoms with E-state index in [4.69, 9.17) is 5.73 Å². The van der Waals surface area contributed by atoms with Crippen LogP contribution >= 0.6 is 0 Å². The minimum Gasteiger partial charge on any atom is -0.394 e. The molecule has 5 nitrogen and oxygen atoms in total. The molecule has 1 aromatic heterocycles. The van der Waals surface area contributed by atoms with Crippen LogP contribution in [0.3, 0.4) is 0 Å². The summed E-state index contributed by atoms with van der Waals surface area (Å²) in [6.45, 7) is 1.66. The molecule has 0 saturated carbocycles. The van der Waals surface area contributed by atoms with Crippen LogP contribution in [-0.4, -0.2) is 16.1 Å². The Balaban J connectivity index is 2.23. The summed E-state index contributed by atoms with van der Waals surface area (Å²) in [5.41, 5.74) is 6.85. The number of benzene rings is 1. The number of amides is 1. The fourth-order valence-corrected chi connectivity index (χ4v) is 1.46. The molecule has 0 aliphatic heterocycles. The molecular weight excluding hydrogens is 223 g/mol. The zero-order valence-corrected chi connectivity index (χ0v) is 9.12. The molecule has 1 amide bonds. The fourth-order valence-electron chi connectivity index (χ4n) is 1.46. The Morgan fingerprint density at radius 1 is 1.53 bits per heavy atom. The van der Waals surface area contributed by atoms with Gasteiger partial charge in [-0.1, -0.05) is 0 Å². The first-order chi connectivity index (χ1) is 8.08. The number of anilines is 2. The summed E-state index contributed by atoms with van der Waals surface area (Å²) in [5, 5.41) is 8.80. The van der Waals surface area contributed by atoms with Gasteiger partial charge in [0.15, 0.2) is 5.82 Å². The third kappa shape index (κ3) is 2.25. The van der Waals surface area contributed by atoms with E-state index in [2.05, 4.69) is 15.5 Å². The van der Waals surface area contributed by atoms with Crippen LogP contribution in [-0.2, 0) is 0 Å². The van der Waals surface area contributed by atoms with Crippen LogP contribution < -0.4 is 11.1 Å². The molecule has 2 aromatic rings. The number of halogens is 1. The summed E-state index contributed by atoms with van der Waals surface area (Å²) in [6.07, 6.45) is 1.40. The van der Waals surface area contributed by atoms with E-state index in [-0.39, 0.29) is 11.7 Å². The Kier molecular flexibility index (Phi) is 2.78. The van der Waals surface area contributed by atoms with Crippen molar-refractivity contribution in [1.82, 2.24) is 10.2 Å². The normalized spacial score (nSPS) is 10.2. The van der Waals surface area contributed by atoms with Crippen molar-refractivity contribution in [3.8, 4) is 0 Å². The summed E-state index contributed by atoms with van der Waals surface area (Å²) in [4.78, 5) is 11.9. The molecule has 17 heavy (non-hydrogen) atoms. The van der Waals surface area contributed by atoms with E-state index in [1.807, 2.05) is 0 Å². The van der Waals surface area contributed by atoms with Gasteiger partial charge in [-0.3, -0.25) is 9.89 Å². The highest BCUT2D eigenvalue weighted by Gasteiger charge is 2.12. The van der Waals surface area contributed by atoms with Crippen LogP contribution in [0.4, 0.5) is 15.9 Å². The van der Waals surface area contributed by atoms with Crippen molar-refractivity contribution in [3.05, 3.63) is 41.3 Å². The first-order valence-electron chi connectivity index (χ1n) is 4.94. The number of nitrogen functional groups attached to an aromatic ring is 1. The molecule has 0 fully saturated rings. The second kappa shape index (κ2) is 4.25. The van der Waals surface area contributed by atoms with Crippen molar-refractivity contribution in [2.45, 2.75) is 6.92 Å².